The summed E-state index contributed by atoms with van der Waals surface area (Å²) in [4.78, 5) is 10.7. The average Bonchev–Trinajstić information content (AvgIpc) is 2.87. The van der Waals surface area contributed by atoms with Crippen LogP contribution in [-0.2, 0) is 0 Å². The average molecular weight is 249 g/mol. The van der Waals surface area contributed by atoms with E-state index in [-0.39, 0.29) is 11.8 Å². The van der Waals surface area contributed by atoms with E-state index in [1.165, 1.54) is 12.5 Å². The van der Waals surface area contributed by atoms with E-state index in [1.807, 2.05) is 6.92 Å². The minimum absolute atomic E-state index is 0.000695. The summed E-state index contributed by atoms with van der Waals surface area (Å²) in [5, 5.41) is 12.2. The fraction of sp³-hybridized carbons (Fsp3) is 0.500. The maximum atomic E-state index is 10.7. The van der Waals surface area contributed by atoms with Gasteiger partial charge in [0, 0.05) is 0 Å². The van der Waals surface area contributed by atoms with Crippen LogP contribution in [0.4, 0.5) is 0 Å². The van der Waals surface area contributed by atoms with Crippen LogP contribution >= 0.6 is 0 Å². The van der Waals surface area contributed by atoms with Crippen molar-refractivity contribution in [1.82, 2.24) is 5.32 Å². The molecule has 98 valence electrons. The molecule has 2 rings (SSSR count). The predicted octanol–water partition coefficient (Wildman–Crippen LogP) is 2.98. The fourth-order valence-electron chi connectivity index (χ4n) is 2.19. The van der Waals surface area contributed by atoms with Crippen LogP contribution in [0.1, 0.15) is 48.5 Å². The SMILES string of the molecule is CC(NCC1CC=CCC1)c1ccc(C(=O)O)o1. The molecule has 2 N–H and O–H groups in total. The molecule has 1 heterocycles. The van der Waals surface area contributed by atoms with Crippen LogP contribution in [0.5, 0.6) is 0 Å². The summed E-state index contributed by atoms with van der Waals surface area (Å²) in [6, 6.07) is 3.27. The maximum Gasteiger partial charge on any atom is 0.371 e. The zero-order valence-electron chi connectivity index (χ0n) is 10.6. The molecule has 0 aliphatic heterocycles. The van der Waals surface area contributed by atoms with Crippen LogP contribution in [0.25, 0.3) is 0 Å². The third kappa shape index (κ3) is 3.23. The van der Waals surface area contributed by atoms with E-state index in [0.717, 1.165) is 19.4 Å². The van der Waals surface area contributed by atoms with E-state index >= 15 is 0 Å². The molecule has 0 radical (unpaired) electrons. The third-order valence-electron chi connectivity index (χ3n) is 3.35. The maximum absolute atomic E-state index is 10.7. The second kappa shape index (κ2) is 5.87. The highest BCUT2D eigenvalue weighted by atomic mass is 16.4. The van der Waals surface area contributed by atoms with Gasteiger partial charge in [-0.2, -0.15) is 0 Å². The Morgan fingerprint density at radius 2 is 2.39 bits per heavy atom. The van der Waals surface area contributed by atoms with Crippen LogP contribution < -0.4 is 5.32 Å². The van der Waals surface area contributed by atoms with E-state index < -0.39 is 5.97 Å². The topological polar surface area (TPSA) is 62.5 Å². The molecule has 18 heavy (non-hydrogen) atoms. The highest BCUT2D eigenvalue weighted by Gasteiger charge is 2.16. The van der Waals surface area contributed by atoms with Gasteiger partial charge in [0.15, 0.2) is 0 Å². The Labute approximate surface area is 107 Å². The van der Waals surface area contributed by atoms with E-state index in [9.17, 15) is 4.79 Å². The summed E-state index contributed by atoms with van der Waals surface area (Å²) in [5.74, 6) is 0.329. The molecule has 0 saturated heterocycles. The van der Waals surface area contributed by atoms with Crippen molar-refractivity contribution in [3.8, 4) is 0 Å². The molecular formula is C14H19NO3. The Hall–Kier alpha value is -1.55. The first kappa shape index (κ1) is 12.9. The van der Waals surface area contributed by atoms with Crippen molar-refractivity contribution in [3.63, 3.8) is 0 Å². The first-order valence-electron chi connectivity index (χ1n) is 6.38. The second-order valence-corrected chi connectivity index (χ2v) is 4.79. The number of carbonyl (C=O) groups is 1. The Balaban J connectivity index is 1.84. The number of carboxylic acids is 1. The molecule has 1 aliphatic rings. The van der Waals surface area contributed by atoms with Crippen LogP contribution in [0.2, 0.25) is 0 Å². The van der Waals surface area contributed by atoms with Gasteiger partial charge in [-0.3, -0.25) is 0 Å². The molecule has 0 saturated carbocycles. The van der Waals surface area contributed by atoms with Crippen molar-refractivity contribution in [2.45, 2.75) is 32.2 Å². The smallest absolute Gasteiger partial charge is 0.371 e. The van der Waals surface area contributed by atoms with E-state index in [1.54, 1.807) is 6.07 Å². The first-order chi connectivity index (χ1) is 8.66. The van der Waals surface area contributed by atoms with Gasteiger partial charge in [0.1, 0.15) is 5.76 Å². The van der Waals surface area contributed by atoms with E-state index in [2.05, 4.69) is 17.5 Å². The van der Waals surface area contributed by atoms with Crippen molar-refractivity contribution < 1.29 is 14.3 Å². The van der Waals surface area contributed by atoms with Gasteiger partial charge in [-0.25, -0.2) is 4.79 Å². The number of carboxylic acid groups (broad SMARTS) is 1. The summed E-state index contributed by atoms with van der Waals surface area (Å²) >= 11 is 0. The highest BCUT2D eigenvalue weighted by Crippen LogP contribution is 2.20. The number of allylic oxidation sites excluding steroid dienone is 2. The zero-order valence-corrected chi connectivity index (χ0v) is 10.6. The van der Waals surface area contributed by atoms with Crippen LogP contribution in [0, 0.1) is 5.92 Å². The van der Waals surface area contributed by atoms with E-state index in [0.29, 0.717) is 11.7 Å². The largest absolute Gasteiger partial charge is 0.475 e. The third-order valence-corrected chi connectivity index (χ3v) is 3.35. The molecule has 0 amide bonds. The van der Waals surface area contributed by atoms with Gasteiger partial charge in [-0.15, -0.1) is 0 Å². The molecular weight excluding hydrogens is 230 g/mol. The van der Waals surface area contributed by atoms with Crippen LogP contribution in [0.15, 0.2) is 28.7 Å². The zero-order chi connectivity index (χ0) is 13.0. The number of rotatable bonds is 5. The molecule has 0 spiro atoms. The molecule has 0 fully saturated rings. The molecule has 0 aromatic carbocycles. The second-order valence-electron chi connectivity index (χ2n) is 4.79. The fourth-order valence-corrected chi connectivity index (χ4v) is 2.19. The number of nitrogens with one attached hydrogen (secondary N) is 1. The van der Waals surface area contributed by atoms with Crippen molar-refractivity contribution in [2.24, 2.45) is 5.92 Å². The molecule has 1 aliphatic carbocycles. The summed E-state index contributed by atoms with van der Waals surface area (Å²) in [6.45, 7) is 2.93. The lowest BCUT2D eigenvalue weighted by Gasteiger charge is -2.20. The summed E-state index contributed by atoms with van der Waals surface area (Å²) in [5.41, 5.74) is 0. The first-order valence-corrected chi connectivity index (χ1v) is 6.38. The van der Waals surface area contributed by atoms with Gasteiger partial charge < -0.3 is 14.8 Å². The quantitative estimate of drug-likeness (QED) is 0.787. The molecule has 1 aromatic rings. The lowest BCUT2D eigenvalue weighted by molar-refractivity contribution is 0.0659. The van der Waals surface area contributed by atoms with Crippen LogP contribution in [0.3, 0.4) is 0 Å². The number of hydrogen-bond donors (Lipinski definition) is 2. The number of furan rings is 1. The minimum Gasteiger partial charge on any atom is -0.475 e. The van der Waals surface area contributed by atoms with Gasteiger partial charge in [0.05, 0.1) is 6.04 Å². The molecule has 2 atom stereocenters. The predicted molar refractivity (Wildman–Crippen MR) is 68.6 cm³/mol. The van der Waals surface area contributed by atoms with Gasteiger partial charge in [-0.05, 0) is 50.8 Å². The van der Waals surface area contributed by atoms with Crippen molar-refractivity contribution >= 4 is 5.97 Å². The highest BCUT2D eigenvalue weighted by molar-refractivity contribution is 5.84. The van der Waals surface area contributed by atoms with Crippen molar-refractivity contribution in [2.75, 3.05) is 6.54 Å². The number of aromatic carboxylic acids is 1. The Kier molecular flexibility index (Phi) is 4.20. The Morgan fingerprint density at radius 3 is 3.00 bits per heavy atom. The normalized spacial score (nSPS) is 20.8. The monoisotopic (exact) mass is 249 g/mol. The van der Waals surface area contributed by atoms with Gasteiger partial charge in [0.2, 0.25) is 5.76 Å². The summed E-state index contributed by atoms with van der Waals surface area (Å²) in [6.07, 6.45) is 7.96. The Morgan fingerprint density at radius 1 is 1.56 bits per heavy atom. The van der Waals surface area contributed by atoms with Crippen molar-refractivity contribution in [3.05, 3.63) is 35.8 Å². The molecule has 1 aromatic heterocycles. The standard InChI is InChI=1S/C14H19NO3/c1-10(12-7-8-13(18-12)14(16)17)15-9-11-5-3-2-4-6-11/h2-3,7-8,10-11,15H,4-6,9H2,1H3,(H,16,17). The molecule has 4 nitrogen and oxygen atoms in total. The van der Waals surface area contributed by atoms with Crippen molar-refractivity contribution in [1.29, 1.82) is 0 Å². The molecule has 0 bridgehead atoms. The molecule has 2 unspecified atom stereocenters. The summed E-state index contributed by atoms with van der Waals surface area (Å²) < 4.78 is 5.27. The Bertz CT molecular complexity index is 436. The van der Waals surface area contributed by atoms with E-state index in [4.69, 9.17) is 9.52 Å². The lowest BCUT2D eigenvalue weighted by Crippen LogP contribution is -2.26. The number of hydrogen-bond acceptors (Lipinski definition) is 3. The van der Waals surface area contributed by atoms with Gasteiger partial charge in [0.25, 0.3) is 0 Å². The lowest BCUT2D eigenvalue weighted by atomic mass is 9.94. The van der Waals surface area contributed by atoms with Gasteiger partial charge >= 0.3 is 5.97 Å². The summed E-state index contributed by atoms with van der Waals surface area (Å²) in [7, 11) is 0. The minimum atomic E-state index is -1.02. The van der Waals surface area contributed by atoms with Gasteiger partial charge in [-0.1, -0.05) is 12.2 Å². The molecule has 4 heteroatoms. The van der Waals surface area contributed by atoms with Crippen LogP contribution in [-0.4, -0.2) is 17.6 Å².